The summed E-state index contributed by atoms with van der Waals surface area (Å²) in [6.45, 7) is 1.86. The first kappa shape index (κ1) is 20.0. The van der Waals surface area contributed by atoms with E-state index >= 15 is 0 Å². The molecule has 3 N–H and O–H groups in total. The monoisotopic (exact) mass is 409 g/mol. The van der Waals surface area contributed by atoms with E-state index in [0.29, 0.717) is 6.42 Å². The predicted octanol–water partition coefficient (Wildman–Crippen LogP) is 3.91. The molecule has 0 aliphatic carbocycles. The van der Waals surface area contributed by atoms with Crippen molar-refractivity contribution in [3.8, 4) is 11.3 Å². The topological polar surface area (TPSA) is 68.6 Å². The van der Waals surface area contributed by atoms with E-state index in [1.54, 1.807) is 11.3 Å². The normalized spacial score (nSPS) is 19.9. The molecule has 1 fully saturated rings. The van der Waals surface area contributed by atoms with Crippen LogP contribution in [-0.4, -0.2) is 51.9 Å². The molecule has 0 radical (unpaired) electrons. The Morgan fingerprint density at radius 2 is 1.90 bits per heavy atom. The summed E-state index contributed by atoms with van der Waals surface area (Å²) in [5, 5.41) is 25.7. The second kappa shape index (κ2) is 9.50. The van der Waals surface area contributed by atoms with E-state index in [9.17, 15) is 10.2 Å². The molecule has 29 heavy (non-hydrogen) atoms. The lowest BCUT2D eigenvalue weighted by Crippen LogP contribution is -2.47. The highest BCUT2D eigenvalue weighted by Gasteiger charge is 2.26. The van der Waals surface area contributed by atoms with Gasteiger partial charge < -0.3 is 15.5 Å². The number of benzene rings is 2. The van der Waals surface area contributed by atoms with Crippen molar-refractivity contribution in [2.45, 2.75) is 31.4 Å². The average molecular weight is 410 g/mol. The smallest absolute Gasteiger partial charge is 0.187 e. The van der Waals surface area contributed by atoms with Crippen molar-refractivity contribution >= 4 is 22.2 Å². The maximum Gasteiger partial charge on any atom is 0.187 e. The fourth-order valence-electron chi connectivity index (χ4n) is 3.79. The molecule has 6 heteroatoms. The standard InChI is InChI=1S/C23H27N3O2S/c27-15-20-14-21(28)11-13-26(20)12-10-17-6-8-19(9-7-17)24-23-25-22(16-29-23)18-4-2-1-3-5-18/h1-9,16,20-21,27-28H,10-15H2,(H,24,25)/t20-,21+/m1/s1. The first-order valence-electron chi connectivity index (χ1n) is 10.1. The van der Waals surface area contributed by atoms with Crippen LogP contribution in [0.3, 0.4) is 0 Å². The van der Waals surface area contributed by atoms with Crippen molar-refractivity contribution in [1.82, 2.24) is 9.88 Å². The molecule has 5 nitrogen and oxygen atoms in total. The van der Waals surface area contributed by atoms with E-state index in [4.69, 9.17) is 0 Å². The minimum atomic E-state index is -0.276. The second-order valence-corrected chi connectivity index (χ2v) is 8.38. The number of aliphatic hydroxyl groups excluding tert-OH is 2. The van der Waals surface area contributed by atoms with Gasteiger partial charge in [0.15, 0.2) is 5.13 Å². The van der Waals surface area contributed by atoms with Gasteiger partial charge in [-0.2, -0.15) is 0 Å². The number of anilines is 2. The average Bonchev–Trinajstić information content (AvgIpc) is 3.23. The summed E-state index contributed by atoms with van der Waals surface area (Å²) in [7, 11) is 0. The lowest BCUT2D eigenvalue weighted by Gasteiger charge is -2.36. The first-order valence-corrected chi connectivity index (χ1v) is 11.0. The van der Waals surface area contributed by atoms with E-state index in [-0.39, 0.29) is 18.8 Å². The molecular weight excluding hydrogens is 382 g/mol. The van der Waals surface area contributed by atoms with Crippen LogP contribution in [0.15, 0.2) is 60.0 Å². The van der Waals surface area contributed by atoms with Crippen LogP contribution >= 0.6 is 11.3 Å². The Balaban J connectivity index is 1.32. The summed E-state index contributed by atoms with van der Waals surface area (Å²) in [5.41, 5.74) is 4.40. The van der Waals surface area contributed by atoms with Gasteiger partial charge in [-0.15, -0.1) is 11.3 Å². The number of rotatable bonds is 7. The molecule has 3 aromatic rings. The third-order valence-electron chi connectivity index (χ3n) is 5.49. The molecule has 0 amide bonds. The van der Waals surface area contributed by atoms with Crippen molar-refractivity contribution < 1.29 is 10.2 Å². The van der Waals surface area contributed by atoms with Crippen LogP contribution in [0.1, 0.15) is 18.4 Å². The summed E-state index contributed by atoms with van der Waals surface area (Å²) in [4.78, 5) is 6.97. The Labute approximate surface area is 175 Å². The highest BCUT2D eigenvalue weighted by molar-refractivity contribution is 7.14. The molecule has 0 bridgehead atoms. The van der Waals surface area contributed by atoms with Crippen molar-refractivity contribution in [2.24, 2.45) is 0 Å². The van der Waals surface area contributed by atoms with E-state index in [1.807, 2.05) is 18.2 Å². The summed E-state index contributed by atoms with van der Waals surface area (Å²) in [6.07, 6.45) is 2.11. The van der Waals surface area contributed by atoms with Crippen molar-refractivity contribution in [1.29, 1.82) is 0 Å². The Morgan fingerprint density at radius 1 is 1.10 bits per heavy atom. The summed E-state index contributed by atoms with van der Waals surface area (Å²) < 4.78 is 0. The third-order valence-corrected chi connectivity index (χ3v) is 6.25. The number of aromatic nitrogens is 1. The molecule has 1 aliphatic heterocycles. The molecular formula is C23H27N3O2S. The first-order chi connectivity index (χ1) is 14.2. The summed E-state index contributed by atoms with van der Waals surface area (Å²) in [6, 6.07) is 18.7. The molecule has 1 aromatic heterocycles. The quantitative estimate of drug-likeness (QED) is 0.552. The molecule has 4 rings (SSSR count). The number of hydrogen-bond donors (Lipinski definition) is 3. The van der Waals surface area contributed by atoms with Gasteiger partial charge in [-0.3, -0.25) is 4.90 Å². The number of nitrogens with zero attached hydrogens (tertiary/aromatic N) is 2. The molecule has 2 aromatic carbocycles. The number of piperidine rings is 1. The molecule has 1 aliphatic rings. The highest BCUT2D eigenvalue weighted by atomic mass is 32.1. The Morgan fingerprint density at radius 3 is 2.66 bits per heavy atom. The molecule has 0 spiro atoms. The van der Waals surface area contributed by atoms with Gasteiger partial charge in [0.2, 0.25) is 0 Å². The van der Waals surface area contributed by atoms with Gasteiger partial charge in [0.05, 0.1) is 18.4 Å². The highest BCUT2D eigenvalue weighted by Crippen LogP contribution is 2.27. The van der Waals surface area contributed by atoms with E-state index in [2.05, 4.69) is 57.0 Å². The summed E-state index contributed by atoms with van der Waals surface area (Å²) in [5.74, 6) is 0. The van der Waals surface area contributed by atoms with Gasteiger partial charge in [-0.05, 0) is 37.0 Å². The molecule has 1 saturated heterocycles. The zero-order valence-corrected chi connectivity index (χ0v) is 17.2. The SMILES string of the molecule is OC[C@H]1C[C@@H](O)CCN1CCc1ccc(Nc2nc(-c3ccccc3)cs2)cc1. The van der Waals surface area contributed by atoms with Gasteiger partial charge in [0.25, 0.3) is 0 Å². The molecule has 2 atom stereocenters. The number of nitrogens with one attached hydrogen (secondary N) is 1. The molecule has 0 saturated carbocycles. The van der Waals surface area contributed by atoms with Gasteiger partial charge in [-0.1, -0.05) is 42.5 Å². The van der Waals surface area contributed by atoms with E-state index in [1.165, 1.54) is 5.56 Å². The Bertz CT molecular complexity index is 898. The minimum absolute atomic E-state index is 0.0726. The Hall–Kier alpha value is -2.25. The van der Waals surface area contributed by atoms with Gasteiger partial charge in [0.1, 0.15) is 0 Å². The molecule has 0 unspecified atom stereocenters. The van der Waals surface area contributed by atoms with Crippen LogP contribution in [0, 0.1) is 0 Å². The number of thiazole rings is 1. The van der Waals surface area contributed by atoms with E-state index in [0.717, 1.165) is 48.0 Å². The third kappa shape index (κ3) is 5.22. The fraction of sp³-hybridized carbons (Fsp3) is 0.348. The van der Waals surface area contributed by atoms with Gasteiger partial charge >= 0.3 is 0 Å². The van der Waals surface area contributed by atoms with Gasteiger partial charge in [0, 0.05) is 35.8 Å². The zero-order valence-electron chi connectivity index (χ0n) is 16.4. The zero-order chi connectivity index (χ0) is 20.1. The van der Waals surface area contributed by atoms with Crippen LogP contribution in [0.5, 0.6) is 0 Å². The van der Waals surface area contributed by atoms with Crippen LogP contribution < -0.4 is 5.32 Å². The van der Waals surface area contributed by atoms with Gasteiger partial charge in [-0.25, -0.2) is 4.98 Å². The molecule has 2 heterocycles. The largest absolute Gasteiger partial charge is 0.395 e. The van der Waals surface area contributed by atoms with Crippen molar-refractivity contribution in [3.05, 3.63) is 65.5 Å². The van der Waals surface area contributed by atoms with Crippen molar-refractivity contribution in [2.75, 3.05) is 25.0 Å². The predicted molar refractivity (Wildman–Crippen MR) is 119 cm³/mol. The van der Waals surface area contributed by atoms with Crippen LogP contribution in [0.25, 0.3) is 11.3 Å². The van der Waals surface area contributed by atoms with Crippen LogP contribution in [0.4, 0.5) is 10.8 Å². The lowest BCUT2D eigenvalue weighted by atomic mass is 9.99. The second-order valence-electron chi connectivity index (χ2n) is 7.53. The minimum Gasteiger partial charge on any atom is -0.395 e. The maximum absolute atomic E-state index is 9.78. The maximum atomic E-state index is 9.78. The number of aliphatic hydroxyl groups is 2. The fourth-order valence-corrected chi connectivity index (χ4v) is 4.53. The molecule has 152 valence electrons. The summed E-state index contributed by atoms with van der Waals surface area (Å²) >= 11 is 1.60. The Kier molecular flexibility index (Phi) is 6.56. The van der Waals surface area contributed by atoms with Crippen molar-refractivity contribution in [3.63, 3.8) is 0 Å². The van der Waals surface area contributed by atoms with Crippen LogP contribution in [-0.2, 0) is 6.42 Å². The van der Waals surface area contributed by atoms with Crippen LogP contribution in [0.2, 0.25) is 0 Å². The van der Waals surface area contributed by atoms with E-state index < -0.39 is 0 Å². The number of hydrogen-bond acceptors (Lipinski definition) is 6. The number of likely N-dealkylation sites (tertiary alicyclic amines) is 1. The lowest BCUT2D eigenvalue weighted by molar-refractivity contribution is 0.0177.